The van der Waals surface area contributed by atoms with Crippen LogP contribution >= 0.6 is 0 Å². The lowest BCUT2D eigenvalue weighted by molar-refractivity contribution is -0.193. The lowest BCUT2D eigenvalue weighted by Gasteiger charge is -2.27. The largest absolute Gasteiger partial charge is 0.396 e. The van der Waals surface area contributed by atoms with Crippen molar-refractivity contribution in [2.75, 3.05) is 26.7 Å². The fourth-order valence-corrected chi connectivity index (χ4v) is 5.64. The second kappa shape index (κ2) is 6.65. The second-order valence-electron chi connectivity index (χ2n) is 8.98. The SMILES string of the molecule is CN1CC[C@H](NC(=O)C23CC2(C(F)(F)F)CNC3c2ccc(C#N)c3ncccc23)C1. The molecule has 9 heteroatoms. The number of fused-ring (bicyclic) bond motifs is 2. The lowest BCUT2D eigenvalue weighted by Crippen LogP contribution is -2.46. The molecule has 1 aliphatic carbocycles. The Bertz CT molecular complexity index is 1110. The number of halogens is 3. The van der Waals surface area contributed by atoms with Crippen LogP contribution in [0.4, 0.5) is 13.2 Å². The number of aromatic nitrogens is 1. The van der Waals surface area contributed by atoms with Crippen LogP contribution < -0.4 is 10.6 Å². The van der Waals surface area contributed by atoms with Crippen molar-refractivity contribution in [1.82, 2.24) is 20.5 Å². The highest BCUT2D eigenvalue weighted by atomic mass is 19.4. The molecule has 162 valence electrons. The number of carbonyl (C=O) groups is 1. The maximum atomic E-state index is 14.2. The number of hydrogen-bond acceptors (Lipinski definition) is 5. The molecule has 3 fully saturated rings. The predicted octanol–water partition coefficient (Wildman–Crippen LogP) is 2.51. The summed E-state index contributed by atoms with van der Waals surface area (Å²) in [5.74, 6) is -0.540. The van der Waals surface area contributed by atoms with E-state index in [1.165, 1.54) is 0 Å². The number of nitrogens with one attached hydrogen (secondary N) is 2. The van der Waals surface area contributed by atoms with Gasteiger partial charge >= 0.3 is 6.18 Å². The fourth-order valence-electron chi connectivity index (χ4n) is 5.64. The molecule has 2 N–H and O–H groups in total. The van der Waals surface area contributed by atoms with Gasteiger partial charge in [0.15, 0.2) is 0 Å². The van der Waals surface area contributed by atoms with Crippen molar-refractivity contribution in [2.24, 2.45) is 10.8 Å². The molecular formula is C22H22F3N5O. The zero-order valence-electron chi connectivity index (χ0n) is 17.0. The number of alkyl halides is 3. The molecule has 0 bridgehead atoms. The number of nitrogens with zero attached hydrogens (tertiary/aromatic N) is 3. The van der Waals surface area contributed by atoms with E-state index in [-0.39, 0.29) is 19.0 Å². The molecule has 0 spiro atoms. The summed E-state index contributed by atoms with van der Waals surface area (Å²) < 4.78 is 42.6. The van der Waals surface area contributed by atoms with Crippen LogP contribution in [0.5, 0.6) is 0 Å². The molecule has 4 atom stereocenters. The molecule has 1 aromatic heterocycles. The van der Waals surface area contributed by atoms with Gasteiger partial charge < -0.3 is 15.5 Å². The molecule has 0 radical (unpaired) electrons. The Morgan fingerprint density at radius 2 is 2.19 bits per heavy atom. The van der Waals surface area contributed by atoms with Gasteiger partial charge in [-0.2, -0.15) is 18.4 Å². The third-order valence-corrected chi connectivity index (χ3v) is 7.32. The van der Waals surface area contributed by atoms with Crippen molar-refractivity contribution >= 4 is 16.8 Å². The van der Waals surface area contributed by atoms with E-state index in [1.807, 2.05) is 7.05 Å². The minimum atomic E-state index is -4.50. The van der Waals surface area contributed by atoms with Crippen LogP contribution in [0, 0.1) is 22.2 Å². The van der Waals surface area contributed by atoms with Gasteiger partial charge in [-0.3, -0.25) is 9.78 Å². The summed E-state index contributed by atoms with van der Waals surface area (Å²) in [5, 5.41) is 15.9. The number of likely N-dealkylation sites (tertiary alicyclic amines) is 1. The molecule has 1 aromatic carbocycles. The Morgan fingerprint density at radius 3 is 2.84 bits per heavy atom. The number of likely N-dealkylation sites (N-methyl/N-ethyl adjacent to an activating group) is 1. The highest BCUT2D eigenvalue weighted by molar-refractivity contribution is 5.93. The van der Waals surface area contributed by atoms with Crippen molar-refractivity contribution in [3.63, 3.8) is 0 Å². The van der Waals surface area contributed by atoms with Gasteiger partial charge in [-0.25, -0.2) is 0 Å². The number of amides is 1. The van der Waals surface area contributed by atoms with Crippen LogP contribution in [0.1, 0.15) is 30.0 Å². The molecule has 3 heterocycles. The Kier molecular flexibility index (Phi) is 4.33. The summed E-state index contributed by atoms with van der Waals surface area (Å²) in [6.07, 6.45) is -2.47. The summed E-state index contributed by atoms with van der Waals surface area (Å²) in [4.78, 5) is 19.8. The maximum Gasteiger partial charge on any atom is 0.396 e. The third-order valence-electron chi connectivity index (χ3n) is 7.32. The molecule has 2 aliphatic heterocycles. The van der Waals surface area contributed by atoms with Gasteiger partial charge in [0.2, 0.25) is 5.91 Å². The molecule has 2 aromatic rings. The number of hydrogen-bond donors (Lipinski definition) is 2. The van der Waals surface area contributed by atoms with Gasteiger partial charge in [0.1, 0.15) is 6.07 Å². The number of nitriles is 1. The highest BCUT2D eigenvalue weighted by Gasteiger charge is 2.87. The molecular weight excluding hydrogens is 407 g/mol. The second-order valence-corrected chi connectivity index (χ2v) is 8.98. The molecule has 2 saturated heterocycles. The van der Waals surface area contributed by atoms with Gasteiger partial charge in [0.25, 0.3) is 0 Å². The number of benzene rings is 1. The average Bonchev–Trinajstić information content (AvgIpc) is 3.10. The topological polar surface area (TPSA) is 81.0 Å². The monoisotopic (exact) mass is 429 g/mol. The number of rotatable bonds is 3. The van der Waals surface area contributed by atoms with Crippen molar-refractivity contribution in [3.8, 4) is 6.07 Å². The third kappa shape index (κ3) is 2.71. The van der Waals surface area contributed by atoms with Gasteiger partial charge in [0, 0.05) is 36.8 Å². The summed E-state index contributed by atoms with van der Waals surface area (Å²) in [7, 11) is 1.93. The van der Waals surface area contributed by atoms with Crippen LogP contribution in [-0.4, -0.2) is 54.7 Å². The van der Waals surface area contributed by atoms with Gasteiger partial charge in [-0.05, 0) is 44.1 Å². The van der Waals surface area contributed by atoms with Crippen molar-refractivity contribution < 1.29 is 18.0 Å². The first-order chi connectivity index (χ1) is 14.7. The predicted molar refractivity (Wildman–Crippen MR) is 107 cm³/mol. The molecule has 3 aliphatic rings. The first-order valence-electron chi connectivity index (χ1n) is 10.3. The Morgan fingerprint density at radius 1 is 1.39 bits per heavy atom. The lowest BCUT2D eigenvalue weighted by atomic mass is 9.83. The number of carbonyl (C=O) groups excluding carboxylic acids is 1. The molecule has 6 nitrogen and oxygen atoms in total. The van der Waals surface area contributed by atoms with E-state index < -0.39 is 29.0 Å². The van der Waals surface area contributed by atoms with E-state index in [0.29, 0.717) is 28.6 Å². The number of piperidine rings is 1. The minimum Gasteiger partial charge on any atom is -0.351 e. The van der Waals surface area contributed by atoms with Crippen LogP contribution in [0.2, 0.25) is 0 Å². The van der Waals surface area contributed by atoms with Gasteiger partial charge in [-0.1, -0.05) is 12.1 Å². The van der Waals surface area contributed by atoms with Crippen molar-refractivity contribution in [2.45, 2.75) is 31.1 Å². The quantitative estimate of drug-likeness (QED) is 0.784. The normalized spacial score (nSPS) is 32.6. The Hall–Kier alpha value is -2.70. The zero-order valence-corrected chi connectivity index (χ0v) is 17.0. The van der Waals surface area contributed by atoms with E-state index in [9.17, 15) is 23.2 Å². The van der Waals surface area contributed by atoms with E-state index in [0.717, 1.165) is 13.0 Å². The zero-order chi connectivity index (χ0) is 22.0. The Balaban J connectivity index is 1.59. The van der Waals surface area contributed by atoms with Crippen molar-refractivity contribution in [3.05, 3.63) is 41.6 Å². The van der Waals surface area contributed by atoms with E-state index in [2.05, 4.69) is 26.6 Å². The minimum absolute atomic E-state index is 0.154. The first-order valence-corrected chi connectivity index (χ1v) is 10.3. The maximum absolute atomic E-state index is 14.2. The standard InChI is InChI=1S/C22H22F3N5O/c1-30-8-6-14(10-30)29-19(31)21-11-20(21,22(23,24)25)12-28-18(21)16-5-4-13(9-26)17-15(16)3-2-7-27-17/h2-5,7,14,18,28H,6,8,10-12H2,1H3,(H,29,31)/t14-,18?,20?,21?/m0/s1. The smallest absolute Gasteiger partial charge is 0.351 e. The van der Waals surface area contributed by atoms with Crippen LogP contribution in [-0.2, 0) is 4.79 Å². The van der Waals surface area contributed by atoms with Crippen LogP contribution in [0.25, 0.3) is 10.9 Å². The highest BCUT2D eigenvalue weighted by Crippen LogP contribution is 2.78. The number of pyridine rings is 1. The van der Waals surface area contributed by atoms with Gasteiger partial charge in [-0.15, -0.1) is 0 Å². The summed E-state index contributed by atoms with van der Waals surface area (Å²) in [6, 6.07) is 7.77. The molecule has 5 rings (SSSR count). The van der Waals surface area contributed by atoms with Gasteiger partial charge in [0.05, 0.1) is 21.9 Å². The summed E-state index contributed by atoms with van der Waals surface area (Å²) >= 11 is 0. The van der Waals surface area contributed by atoms with Crippen LogP contribution in [0.15, 0.2) is 30.5 Å². The van der Waals surface area contributed by atoms with E-state index in [1.54, 1.807) is 30.5 Å². The molecule has 1 amide bonds. The summed E-state index contributed by atoms with van der Waals surface area (Å²) in [6.45, 7) is 1.12. The van der Waals surface area contributed by atoms with Crippen LogP contribution in [0.3, 0.4) is 0 Å². The van der Waals surface area contributed by atoms with E-state index in [4.69, 9.17) is 0 Å². The molecule has 3 unspecified atom stereocenters. The first kappa shape index (κ1) is 20.2. The molecule has 1 saturated carbocycles. The summed E-state index contributed by atoms with van der Waals surface area (Å²) in [5.41, 5.74) is -2.33. The Labute approximate surface area is 177 Å². The average molecular weight is 429 g/mol. The fraction of sp³-hybridized carbons (Fsp3) is 0.500. The van der Waals surface area contributed by atoms with Crippen molar-refractivity contribution in [1.29, 1.82) is 5.26 Å². The van der Waals surface area contributed by atoms with E-state index >= 15 is 0 Å². The molecule has 31 heavy (non-hydrogen) atoms.